The molecule has 0 atom stereocenters. The maximum atomic E-state index is 12.0. The molecule has 4 N–H and O–H groups in total. The molecule has 0 aliphatic rings. The number of carbonyl (C=O) groups excluding carboxylic acids is 1. The van der Waals surface area contributed by atoms with Crippen LogP contribution in [0.4, 0.5) is 0 Å². The van der Waals surface area contributed by atoms with Crippen LogP contribution in [0.25, 0.3) is 0 Å². The molecule has 0 spiro atoms. The van der Waals surface area contributed by atoms with E-state index >= 15 is 0 Å². The van der Waals surface area contributed by atoms with Gasteiger partial charge in [0.25, 0.3) is 5.91 Å². The van der Waals surface area contributed by atoms with Crippen LogP contribution in [-0.4, -0.2) is 46.7 Å². The molecule has 1 aromatic rings. The highest BCUT2D eigenvalue weighted by Crippen LogP contribution is 2.10. The van der Waals surface area contributed by atoms with E-state index in [-0.39, 0.29) is 24.0 Å². The lowest BCUT2D eigenvalue weighted by molar-refractivity contribution is 0.0946. The van der Waals surface area contributed by atoms with Crippen LogP contribution in [0.3, 0.4) is 0 Å². The third-order valence-electron chi connectivity index (χ3n) is 2.73. The predicted molar refractivity (Wildman–Crippen MR) is 84.1 cm³/mol. The smallest absolute Gasteiger partial charge is 0.251 e. The molecule has 0 aliphatic heterocycles. The number of methoxy groups -OCH3 is 1. The van der Waals surface area contributed by atoms with Gasteiger partial charge >= 0.3 is 0 Å². The lowest BCUT2D eigenvalue weighted by Crippen LogP contribution is -2.45. The van der Waals surface area contributed by atoms with Crippen LogP contribution in [0.15, 0.2) is 29.2 Å². The first-order chi connectivity index (χ1) is 10.2. The minimum Gasteiger partial charge on any atom is -0.383 e. The summed E-state index contributed by atoms with van der Waals surface area (Å²) in [6, 6.07) is 5.70. The maximum Gasteiger partial charge on any atom is 0.251 e. The summed E-state index contributed by atoms with van der Waals surface area (Å²) in [5.41, 5.74) is 5.65. The highest BCUT2D eigenvalue weighted by molar-refractivity contribution is 7.89. The molecule has 1 aromatic carbocycles. The van der Waals surface area contributed by atoms with E-state index in [1.807, 2.05) is 0 Å². The quantitative estimate of drug-likeness (QED) is 0.585. The number of benzene rings is 1. The molecule has 0 saturated carbocycles. The topological polar surface area (TPSA) is 111 Å². The lowest BCUT2D eigenvalue weighted by atomic mass is 10.1. The average Bonchev–Trinajstić information content (AvgIpc) is 2.44. The number of hydrogen-bond donors (Lipinski definition) is 3. The Morgan fingerprint density at radius 3 is 2.36 bits per heavy atom. The first kappa shape index (κ1) is 18.6. The van der Waals surface area contributed by atoms with Gasteiger partial charge in [-0.05, 0) is 38.1 Å². The highest BCUT2D eigenvalue weighted by Gasteiger charge is 2.16. The number of nitrogens with one attached hydrogen (secondary N) is 2. The van der Waals surface area contributed by atoms with E-state index in [4.69, 9.17) is 10.5 Å². The van der Waals surface area contributed by atoms with Crippen LogP contribution < -0.4 is 15.8 Å². The Hall–Kier alpha value is -1.48. The van der Waals surface area contributed by atoms with Crippen LogP contribution >= 0.6 is 0 Å². The minimum absolute atomic E-state index is 0.0966. The zero-order valence-corrected chi connectivity index (χ0v) is 13.9. The summed E-state index contributed by atoms with van der Waals surface area (Å²) in [4.78, 5) is 12.0. The van der Waals surface area contributed by atoms with Crippen LogP contribution in [-0.2, 0) is 14.8 Å². The molecule has 0 unspecified atom stereocenters. The van der Waals surface area contributed by atoms with Gasteiger partial charge in [-0.15, -0.1) is 0 Å². The third-order valence-corrected chi connectivity index (χ3v) is 4.21. The van der Waals surface area contributed by atoms with Gasteiger partial charge in [0.2, 0.25) is 10.0 Å². The molecule has 0 heterocycles. The zero-order valence-electron chi connectivity index (χ0n) is 13.0. The molecule has 22 heavy (non-hydrogen) atoms. The molecule has 0 radical (unpaired) electrons. The first-order valence-corrected chi connectivity index (χ1v) is 8.30. The van der Waals surface area contributed by atoms with Crippen LogP contribution in [0, 0.1) is 0 Å². The van der Waals surface area contributed by atoms with E-state index in [1.165, 1.54) is 31.4 Å². The van der Waals surface area contributed by atoms with Crippen LogP contribution in [0.2, 0.25) is 0 Å². The summed E-state index contributed by atoms with van der Waals surface area (Å²) in [5, 5.41) is 2.69. The Bertz CT molecular complexity index is 592. The number of ether oxygens (including phenoxy) is 1. The number of hydrogen-bond acceptors (Lipinski definition) is 5. The average molecular weight is 329 g/mol. The Morgan fingerprint density at radius 2 is 1.86 bits per heavy atom. The van der Waals surface area contributed by atoms with Crippen molar-refractivity contribution < 1.29 is 17.9 Å². The van der Waals surface area contributed by atoms with Gasteiger partial charge in [-0.1, -0.05) is 0 Å². The normalized spacial score (nSPS) is 12.2. The van der Waals surface area contributed by atoms with Crippen molar-refractivity contribution in [2.75, 3.05) is 26.8 Å². The Morgan fingerprint density at radius 1 is 1.27 bits per heavy atom. The van der Waals surface area contributed by atoms with Crippen molar-refractivity contribution in [1.29, 1.82) is 0 Å². The molecule has 1 amide bonds. The molecular weight excluding hydrogens is 306 g/mol. The number of sulfonamides is 1. The fourth-order valence-corrected chi connectivity index (χ4v) is 2.57. The molecule has 1 rings (SSSR count). The molecule has 0 aromatic heterocycles. The monoisotopic (exact) mass is 329 g/mol. The van der Waals surface area contributed by atoms with E-state index in [2.05, 4.69) is 10.0 Å². The Labute approximate surface area is 131 Å². The van der Waals surface area contributed by atoms with E-state index < -0.39 is 15.6 Å². The number of rotatable bonds is 8. The van der Waals surface area contributed by atoms with Gasteiger partial charge in [0.1, 0.15) is 0 Å². The van der Waals surface area contributed by atoms with Crippen molar-refractivity contribution in [2.24, 2.45) is 5.73 Å². The molecule has 124 valence electrons. The summed E-state index contributed by atoms with van der Waals surface area (Å²) >= 11 is 0. The molecule has 0 saturated heterocycles. The molecule has 0 fully saturated rings. The third kappa shape index (κ3) is 6.10. The van der Waals surface area contributed by atoms with Crippen molar-refractivity contribution in [1.82, 2.24) is 10.0 Å². The fraction of sp³-hybridized carbons (Fsp3) is 0.500. The first-order valence-electron chi connectivity index (χ1n) is 6.81. The maximum absolute atomic E-state index is 12.0. The lowest BCUT2D eigenvalue weighted by Gasteiger charge is -2.18. The van der Waals surface area contributed by atoms with E-state index in [0.717, 1.165) is 0 Å². The van der Waals surface area contributed by atoms with Gasteiger partial charge in [0.05, 0.1) is 11.5 Å². The highest BCUT2D eigenvalue weighted by atomic mass is 32.2. The summed E-state index contributed by atoms with van der Waals surface area (Å²) in [7, 11) is -2.10. The van der Waals surface area contributed by atoms with Crippen molar-refractivity contribution in [3.8, 4) is 0 Å². The van der Waals surface area contributed by atoms with E-state index in [0.29, 0.717) is 12.1 Å². The van der Waals surface area contributed by atoms with Crippen molar-refractivity contribution in [2.45, 2.75) is 24.3 Å². The second kappa shape index (κ2) is 7.68. The molecule has 0 bridgehead atoms. The minimum atomic E-state index is -3.59. The Balaban J connectivity index is 2.72. The zero-order chi connectivity index (χ0) is 16.8. The SMILES string of the molecule is COCCNS(=O)(=O)c1ccc(C(=O)NCC(C)(C)N)cc1. The summed E-state index contributed by atoms with van der Waals surface area (Å²) in [6.07, 6.45) is 0. The number of nitrogens with two attached hydrogens (primary N) is 1. The second-order valence-corrected chi connectivity index (χ2v) is 7.35. The van der Waals surface area contributed by atoms with E-state index in [9.17, 15) is 13.2 Å². The molecule has 7 nitrogen and oxygen atoms in total. The van der Waals surface area contributed by atoms with Crippen molar-refractivity contribution in [3.05, 3.63) is 29.8 Å². The number of carbonyl (C=O) groups is 1. The summed E-state index contributed by atoms with van der Waals surface area (Å²) in [5.74, 6) is -0.296. The van der Waals surface area contributed by atoms with Gasteiger partial charge in [0.15, 0.2) is 0 Å². The van der Waals surface area contributed by atoms with Crippen LogP contribution in [0.5, 0.6) is 0 Å². The Kier molecular flexibility index (Phi) is 6.48. The molecular formula is C14H23N3O4S. The second-order valence-electron chi connectivity index (χ2n) is 5.59. The largest absolute Gasteiger partial charge is 0.383 e. The predicted octanol–water partition coefficient (Wildman–Crippen LogP) is 0.0784. The van der Waals surface area contributed by atoms with Gasteiger partial charge in [-0.3, -0.25) is 4.79 Å². The van der Waals surface area contributed by atoms with Crippen molar-refractivity contribution >= 4 is 15.9 Å². The standard InChI is InChI=1S/C14H23N3O4S/c1-14(2,15)10-16-13(18)11-4-6-12(7-5-11)22(19,20)17-8-9-21-3/h4-7,17H,8-10,15H2,1-3H3,(H,16,18). The van der Waals surface area contributed by atoms with Gasteiger partial charge < -0.3 is 15.8 Å². The van der Waals surface area contributed by atoms with E-state index in [1.54, 1.807) is 13.8 Å². The summed E-state index contributed by atoms with van der Waals surface area (Å²) in [6.45, 7) is 4.40. The summed E-state index contributed by atoms with van der Waals surface area (Å²) < 4.78 is 31.1. The number of amides is 1. The molecule has 0 aliphatic carbocycles. The van der Waals surface area contributed by atoms with Gasteiger partial charge in [-0.2, -0.15) is 0 Å². The fourth-order valence-electron chi connectivity index (χ4n) is 1.56. The van der Waals surface area contributed by atoms with Crippen LogP contribution in [0.1, 0.15) is 24.2 Å². The molecule has 8 heteroatoms. The van der Waals surface area contributed by atoms with Gasteiger partial charge in [-0.25, -0.2) is 13.1 Å². The van der Waals surface area contributed by atoms with Crippen molar-refractivity contribution in [3.63, 3.8) is 0 Å². The van der Waals surface area contributed by atoms with Gasteiger partial charge in [0, 0.05) is 31.3 Å².